The molecule has 1 aliphatic heterocycles. The van der Waals surface area contributed by atoms with Crippen molar-refractivity contribution in [3.05, 3.63) is 66.1 Å². The van der Waals surface area contributed by atoms with Crippen LogP contribution in [0.2, 0.25) is 0 Å². The van der Waals surface area contributed by atoms with E-state index in [-0.39, 0.29) is 11.8 Å². The average molecular weight is 316 g/mol. The number of likely N-dealkylation sites (tertiary alicyclic amines) is 1. The third-order valence-electron chi connectivity index (χ3n) is 4.78. The van der Waals surface area contributed by atoms with Gasteiger partial charge >= 0.3 is 0 Å². The highest BCUT2D eigenvalue weighted by Crippen LogP contribution is 2.29. The van der Waals surface area contributed by atoms with Crippen molar-refractivity contribution in [2.75, 3.05) is 13.1 Å². The summed E-state index contributed by atoms with van der Waals surface area (Å²) in [6.07, 6.45) is 1.81. The molecule has 2 N–H and O–H groups in total. The lowest BCUT2D eigenvalue weighted by molar-refractivity contribution is 0.0598. The highest BCUT2D eigenvalue weighted by atomic mass is 16.2. The summed E-state index contributed by atoms with van der Waals surface area (Å²) in [5.41, 5.74) is 3.77. The fraction of sp³-hybridized carbons (Fsp3) is 0.158. The van der Waals surface area contributed by atoms with Crippen molar-refractivity contribution in [1.29, 1.82) is 0 Å². The Kier molecular flexibility index (Phi) is 2.76. The molecule has 0 aliphatic carbocycles. The first-order valence-electron chi connectivity index (χ1n) is 8.09. The summed E-state index contributed by atoms with van der Waals surface area (Å²) in [4.78, 5) is 25.8. The minimum Gasteiger partial charge on any atom is -0.360 e. The van der Waals surface area contributed by atoms with Crippen LogP contribution >= 0.6 is 0 Å². The second-order valence-electron chi connectivity index (χ2n) is 6.29. The van der Waals surface area contributed by atoms with Gasteiger partial charge in [-0.25, -0.2) is 4.98 Å². The number of nitrogens with zero attached hydrogens (tertiary/aromatic N) is 2. The van der Waals surface area contributed by atoms with Crippen molar-refractivity contribution in [2.24, 2.45) is 0 Å². The number of nitrogens with one attached hydrogen (secondary N) is 2. The number of carbonyl (C=O) groups excluding carboxylic acids is 1. The SMILES string of the molecule is O=C(c1c[nH]c2ccccc12)N1CC(c2nc3ccccc3[nH]2)C1. The molecule has 1 aliphatic rings. The molecule has 0 spiro atoms. The van der Waals surface area contributed by atoms with Gasteiger partial charge in [-0.1, -0.05) is 30.3 Å². The Morgan fingerprint density at radius 2 is 1.79 bits per heavy atom. The average Bonchev–Trinajstić information content (AvgIpc) is 3.17. The number of hydrogen-bond acceptors (Lipinski definition) is 2. The summed E-state index contributed by atoms with van der Waals surface area (Å²) in [6, 6.07) is 15.9. The number of H-pyrrole nitrogens is 2. The first-order valence-corrected chi connectivity index (χ1v) is 8.09. The number of aromatic nitrogens is 3. The molecule has 3 heterocycles. The normalized spacial score (nSPS) is 15.1. The molecule has 1 fully saturated rings. The van der Waals surface area contributed by atoms with Crippen molar-refractivity contribution in [3.63, 3.8) is 0 Å². The van der Waals surface area contributed by atoms with E-state index in [1.807, 2.05) is 59.6 Å². The van der Waals surface area contributed by atoms with Gasteiger partial charge in [-0.05, 0) is 18.2 Å². The maximum atomic E-state index is 12.7. The Morgan fingerprint density at radius 1 is 1.04 bits per heavy atom. The molecule has 2 aromatic carbocycles. The van der Waals surface area contributed by atoms with Crippen LogP contribution in [-0.2, 0) is 0 Å². The predicted molar refractivity (Wildman–Crippen MR) is 93.0 cm³/mol. The van der Waals surface area contributed by atoms with Crippen LogP contribution in [0.5, 0.6) is 0 Å². The molecule has 24 heavy (non-hydrogen) atoms. The van der Waals surface area contributed by atoms with E-state index in [0.717, 1.165) is 33.3 Å². The maximum absolute atomic E-state index is 12.7. The lowest BCUT2D eigenvalue weighted by Crippen LogP contribution is -2.48. The van der Waals surface area contributed by atoms with Gasteiger partial charge in [-0.15, -0.1) is 0 Å². The summed E-state index contributed by atoms with van der Waals surface area (Å²) in [5.74, 6) is 1.34. The largest absolute Gasteiger partial charge is 0.360 e. The summed E-state index contributed by atoms with van der Waals surface area (Å²) < 4.78 is 0. The van der Waals surface area contributed by atoms with Crippen molar-refractivity contribution in [1.82, 2.24) is 19.9 Å². The summed E-state index contributed by atoms with van der Waals surface area (Å²) in [6.45, 7) is 1.41. The number of benzene rings is 2. The van der Waals surface area contributed by atoms with E-state index >= 15 is 0 Å². The van der Waals surface area contributed by atoms with Crippen molar-refractivity contribution in [2.45, 2.75) is 5.92 Å². The molecule has 5 rings (SSSR count). The zero-order valence-corrected chi connectivity index (χ0v) is 13.0. The molecule has 4 aromatic rings. The molecule has 0 radical (unpaired) electrons. The lowest BCUT2D eigenvalue weighted by Gasteiger charge is -2.38. The van der Waals surface area contributed by atoms with Crippen LogP contribution in [0.25, 0.3) is 21.9 Å². The van der Waals surface area contributed by atoms with Crippen LogP contribution in [0.3, 0.4) is 0 Å². The number of aromatic amines is 2. The third kappa shape index (κ3) is 1.94. The van der Waals surface area contributed by atoms with Crippen molar-refractivity contribution in [3.8, 4) is 0 Å². The van der Waals surface area contributed by atoms with E-state index < -0.39 is 0 Å². The molecular weight excluding hydrogens is 300 g/mol. The number of fused-ring (bicyclic) bond motifs is 2. The summed E-state index contributed by atoms with van der Waals surface area (Å²) in [5, 5.41) is 0.981. The Bertz CT molecular complexity index is 1020. The van der Waals surface area contributed by atoms with Crippen LogP contribution in [0, 0.1) is 0 Å². The fourth-order valence-electron chi connectivity index (χ4n) is 3.40. The van der Waals surface area contributed by atoms with Gasteiger partial charge in [0.15, 0.2) is 0 Å². The standard InChI is InChI=1S/C19H16N4O/c24-19(14-9-20-15-6-2-1-5-13(14)15)23-10-12(11-23)18-21-16-7-3-4-8-17(16)22-18/h1-9,12,20H,10-11H2,(H,21,22). The summed E-state index contributed by atoms with van der Waals surface area (Å²) >= 11 is 0. The maximum Gasteiger partial charge on any atom is 0.256 e. The lowest BCUT2D eigenvalue weighted by atomic mass is 9.98. The first kappa shape index (κ1) is 13.4. The highest BCUT2D eigenvalue weighted by Gasteiger charge is 2.34. The highest BCUT2D eigenvalue weighted by molar-refractivity contribution is 6.07. The van der Waals surface area contributed by atoms with E-state index in [4.69, 9.17) is 0 Å². The van der Waals surface area contributed by atoms with Crippen LogP contribution < -0.4 is 0 Å². The van der Waals surface area contributed by atoms with Gasteiger partial charge in [0.25, 0.3) is 5.91 Å². The van der Waals surface area contributed by atoms with Gasteiger partial charge in [-0.3, -0.25) is 4.79 Å². The molecule has 118 valence electrons. The number of imidazole rings is 1. The third-order valence-corrected chi connectivity index (χ3v) is 4.78. The molecule has 2 aromatic heterocycles. The predicted octanol–water partition coefficient (Wildman–Crippen LogP) is 3.28. The molecule has 1 amide bonds. The molecule has 0 atom stereocenters. The fourth-order valence-corrected chi connectivity index (χ4v) is 3.40. The number of para-hydroxylation sites is 3. The minimum atomic E-state index is 0.0832. The van der Waals surface area contributed by atoms with Crippen LogP contribution in [-0.4, -0.2) is 38.8 Å². The van der Waals surface area contributed by atoms with E-state index in [1.165, 1.54) is 0 Å². The molecule has 1 saturated heterocycles. The molecule has 0 unspecified atom stereocenters. The zero-order valence-electron chi connectivity index (χ0n) is 13.0. The van der Waals surface area contributed by atoms with Crippen LogP contribution in [0.15, 0.2) is 54.7 Å². The first-order chi connectivity index (χ1) is 11.8. The monoisotopic (exact) mass is 316 g/mol. The van der Waals surface area contributed by atoms with E-state index in [1.54, 1.807) is 0 Å². The van der Waals surface area contributed by atoms with E-state index in [2.05, 4.69) is 15.0 Å². The van der Waals surface area contributed by atoms with Gasteiger partial charge in [-0.2, -0.15) is 0 Å². The molecule has 0 bridgehead atoms. The Hall–Kier alpha value is -3.08. The second kappa shape index (κ2) is 4.96. The Labute approximate surface area is 138 Å². The molecule has 0 saturated carbocycles. The number of carbonyl (C=O) groups is 1. The smallest absolute Gasteiger partial charge is 0.256 e. The molecule has 5 nitrogen and oxygen atoms in total. The Balaban J connectivity index is 1.36. The van der Waals surface area contributed by atoms with E-state index in [0.29, 0.717) is 13.1 Å². The minimum absolute atomic E-state index is 0.0832. The van der Waals surface area contributed by atoms with Crippen LogP contribution in [0.4, 0.5) is 0 Å². The van der Waals surface area contributed by atoms with E-state index in [9.17, 15) is 4.79 Å². The number of amides is 1. The van der Waals surface area contributed by atoms with Gasteiger partial charge in [0, 0.05) is 30.2 Å². The summed E-state index contributed by atoms with van der Waals surface area (Å²) in [7, 11) is 0. The number of rotatable bonds is 2. The second-order valence-corrected chi connectivity index (χ2v) is 6.29. The quantitative estimate of drug-likeness (QED) is 0.596. The van der Waals surface area contributed by atoms with Gasteiger partial charge in [0.05, 0.1) is 22.5 Å². The van der Waals surface area contributed by atoms with Gasteiger partial charge in [0.2, 0.25) is 0 Å². The molecular formula is C19H16N4O. The number of hydrogen-bond donors (Lipinski definition) is 2. The van der Waals surface area contributed by atoms with Crippen molar-refractivity contribution >= 4 is 27.8 Å². The van der Waals surface area contributed by atoms with Crippen LogP contribution in [0.1, 0.15) is 22.1 Å². The zero-order chi connectivity index (χ0) is 16.1. The topological polar surface area (TPSA) is 64.8 Å². The van der Waals surface area contributed by atoms with Gasteiger partial charge < -0.3 is 14.9 Å². The Morgan fingerprint density at radius 3 is 2.62 bits per heavy atom. The molecule has 5 heteroatoms. The van der Waals surface area contributed by atoms with Gasteiger partial charge in [0.1, 0.15) is 5.82 Å². The van der Waals surface area contributed by atoms with Crippen molar-refractivity contribution < 1.29 is 4.79 Å².